The van der Waals surface area contributed by atoms with Gasteiger partial charge in [0.25, 0.3) is 11.8 Å². The first-order chi connectivity index (χ1) is 16.8. The van der Waals surface area contributed by atoms with E-state index in [-0.39, 0.29) is 23.5 Å². The second-order valence-electron chi connectivity index (χ2n) is 8.42. The van der Waals surface area contributed by atoms with Gasteiger partial charge in [0.2, 0.25) is 5.82 Å². The van der Waals surface area contributed by atoms with E-state index in [1.165, 1.54) is 13.0 Å². The molecule has 1 aromatic heterocycles. The molecule has 2 amide bonds. The van der Waals surface area contributed by atoms with Crippen molar-refractivity contribution in [3.63, 3.8) is 0 Å². The smallest absolute Gasteiger partial charge is 0.417 e. The van der Waals surface area contributed by atoms with E-state index in [1.807, 2.05) is 0 Å². The molecular formula is C23H24F5N3O5. The van der Waals surface area contributed by atoms with Crippen molar-refractivity contribution in [3.8, 4) is 5.75 Å². The highest BCUT2D eigenvalue weighted by Crippen LogP contribution is 2.55. The number of carbonyl (C=O) groups excluding carboxylic acids is 2. The zero-order chi connectivity index (χ0) is 27.0. The van der Waals surface area contributed by atoms with E-state index in [9.17, 15) is 36.6 Å². The van der Waals surface area contributed by atoms with Crippen molar-refractivity contribution in [1.29, 1.82) is 0 Å². The summed E-state index contributed by atoms with van der Waals surface area (Å²) in [6.07, 6.45) is -5.65. The number of methoxy groups -OCH3 is 1. The highest BCUT2D eigenvalue weighted by molar-refractivity contribution is 5.99. The van der Waals surface area contributed by atoms with Crippen molar-refractivity contribution in [3.05, 3.63) is 53.4 Å². The van der Waals surface area contributed by atoms with Crippen molar-refractivity contribution in [2.24, 2.45) is 11.7 Å². The molecule has 0 spiro atoms. The number of rotatable bonds is 7. The molecule has 1 saturated heterocycles. The van der Waals surface area contributed by atoms with Crippen LogP contribution in [0.25, 0.3) is 0 Å². The number of aliphatic hydroxyl groups excluding tert-OH is 1. The van der Waals surface area contributed by atoms with Gasteiger partial charge in [-0.05, 0) is 25.1 Å². The van der Waals surface area contributed by atoms with Crippen molar-refractivity contribution in [2.45, 2.75) is 37.6 Å². The van der Waals surface area contributed by atoms with Crippen LogP contribution < -0.4 is 15.4 Å². The fourth-order valence-electron chi connectivity index (χ4n) is 4.37. The molecule has 0 saturated carbocycles. The first-order valence-corrected chi connectivity index (χ1v) is 10.7. The Bertz CT molecular complexity index is 1160. The first kappa shape index (κ1) is 27.3. The summed E-state index contributed by atoms with van der Waals surface area (Å²) < 4.78 is 81.2. The standard InChI is InChI=1S/C23H24F5N3O5/c1-11-16(13-4-5-14(24)17(25)18(13)35-3)19(36-22(11,2)23(26,27)28)21(34)31(8-9-32)12-6-7-30-15(10-12)20(29)33/h4-7,10-11,16,19,32H,8-9H2,1-3H3,(H2,29,33)/t11-,16-,19+,22+/m0/s1. The number of primary amides is 1. The molecular weight excluding hydrogens is 493 g/mol. The molecule has 13 heteroatoms. The van der Waals surface area contributed by atoms with Gasteiger partial charge in [-0.25, -0.2) is 4.39 Å². The minimum Gasteiger partial charge on any atom is -0.493 e. The number of anilines is 1. The largest absolute Gasteiger partial charge is 0.493 e. The quantitative estimate of drug-likeness (QED) is 0.546. The van der Waals surface area contributed by atoms with Gasteiger partial charge in [0, 0.05) is 35.8 Å². The van der Waals surface area contributed by atoms with Crippen LogP contribution in [0.1, 0.15) is 35.8 Å². The van der Waals surface area contributed by atoms with E-state index in [0.717, 1.165) is 43.3 Å². The number of alkyl halides is 3. The topological polar surface area (TPSA) is 115 Å². The molecule has 4 atom stereocenters. The number of aliphatic hydroxyl groups is 1. The maximum absolute atomic E-state index is 14.5. The lowest BCUT2D eigenvalue weighted by atomic mass is 9.76. The molecule has 8 nitrogen and oxygen atoms in total. The third-order valence-corrected chi connectivity index (χ3v) is 6.45. The molecule has 0 unspecified atom stereocenters. The number of carbonyl (C=O) groups is 2. The highest BCUT2D eigenvalue weighted by Gasteiger charge is 2.66. The molecule has 0 aliphatic carbocycles. The van der Waals surface area contributed by atoms with Crippen LogP contribution in [-0.4, -0.2) is 60.0 Å². The number of hydrogen-bond acceptors (Lipinski definition) is 6. The summed E-state index contributed by atoms with van der Waals surface area (Å²) in [5, 5.41) is 9.55. The summed E-state index contributed by atoms with van der Waals surface area (Å²) in [7, 11) is 1.02. The van der Waals surface area contributed by atoms with Gasteiger partial charge >= 0.3 is 6.18 Å². The molecule has 1 aromatic carbocycles. The Hall–Kier alpha value is -3.32. The van der Waals surface area contributed by atoms with Gasteiger partial charge in [0.1, 0.15) is 11.8 Å². The average Bonchev–Trinajstić information content (AvgIpc) is 3.10. The summed E-state index contributed by atoms with van der Waals surface area (Å²) in [6.45, 7) is 0.954. The molecule has 2 aromatic rings. The fourth-order valence-corrected chi connectivity index (χ4v) is 4.37. The molecule has 1 fully saturated rings. The summed E-state index contributed by atoms with van der Waals surface area (Å²) in [4.78, 5) is 29.9. The predicted molar refractivity (Wildman–Crippen MR) is 116 cm³/mol. The van der Waals surface area contributed by atoms with Crippen molar-refractivity contribution in [2.75, 3.05) is 25.2 Å². The van der Waals surface area contributed by atoms with E-state index in [4.69, 9.17) is 15.2 Å². The Kier molecular flexibility index (Phi) is 7.55. The Morgan fingerprint density at radius 1 is 1.28 bits per heavy atom. The van der Waals surface area contributed by atoms with Crippen LogP contribution in [0.3, 0.4) is 0 Å². The minimum atomic E-state index is -4.94. The summed E-state index contributed by atoms with van der Waals surface area (Å²) in [5.41, 5.74) is 1.95. The van der Waals surface area contributed by atoms with Crippen LogP contribution in [0.5, 0.6) is 5.75 Å². The lowest BCUT2D eigenvalue weighted by molar-refractivity contribution is -0.272. The molecule has 0 bridgehead atoms. The number of halogens is 5. The Morgan fingerprint density at radius 2 is 1.94 bits per heavy atom. The van der Waals surface area contributed by atoms with E-state index >= 15 is 0 Å². The van der Waals surface area contributed by atoms with Crippen molar-refractivity contribution in [1.82, 2.24) is 4.98 Å². The van der Waals surface area contributed by atoms with Crippen LogP contribution in [0.4, 0.5) is 27.6 Å². The predicted octanol–water partition coefficient (Wildman–Crippen LogP) is 2.93. The van der Waals surface area contributed by atoms with E-state index in [0.29, 0.717) is 0 Å². The second-order valence-corrected chi connectivity index (χ2v) is 8.42. The minimum absolute atomic E-state index is 0.00529. The Balaban J connectivity index is 2.18. The molecule has 36 heavy (non-hydrogen) atoms. The highest BCUT2D eigenvalue weighted by atomic mass is 19.4. The van der Waals surface area contributed by atoms with Crippen LogP contribution in [0, 0.1) is 17.6 Å². The Labute approximate surface area is 202 Å². The van der Waals surface area contributed by atoms with Gasteiger partial charge in [-0.2, -0.15) is 17.6 Å². The van der Waals surface area contributed by atoms with E-state index in [2.05, 4.69) is 4.98 Å². The average molecular weight is 517 g/mol. The molecule has 0 radical (unpaired) electrons. The number of ether oxygens (including phenoxy) is 2. The summed E-state index contributed by atoms with van der Waals surface area (Å²) >= 11 is 0. The third-order valence-electron chi connectivity index (χ3n) is 6.45. The van der Waals surface area contributed by atoms with Crippen LogP contribution in [0.15, 0.2) is 30.5 Å². The van der Waals surface area contributed by atoms with Crippen LogP contribution in [0.2, 0.25) is 0 Å². The maximum atomic E-state index is 14.5. The maximum Gasteiger partial charge on any atom is 0.417 e. The molecule has 3 N–H and O–H groups in total. The van der Waals surface area contributed by atoms with Crippen LogP contribution in [-0.2, 0) is 9.53 Å². The van der Waals surface area contributed by atoms with Gasteiger partial charge in [-0.1, -0.05) is 13.0 Å². The third kappa shape index (κ3) is 4.60. The SMILES string of the molecule is COc1c([C@H]2[C@H](C(=O)N(CCO)c3ccnc(C(N)=O)c3)O[C@@](C)(C(F)(F)F)[C@H]2C)ccc(F)c1F. The lowest BCUT2D eigenvalue weighted by Crippen LogP contribution is -2.48. The summed E-state index contributed by atoms with van der Waals surface area (Å²) in [6, 6.07) is 4.18. The molecule has 1 aliphatic rings. The first-order valence-electron chi connectivity index (χ1n) is 10.7. The molecule has 196 valence electrons. The van der Waals surface area contributed by atoms with Gasteiger partial charge in [-0.3, -0.25) is 14.6 Å². The number of hydrogen-bond donors (Lipinski definition) is 2. The molecule has 1 aliphatic heterocycles. The van der Waals surface area contributed by atoms with Gasteiger partial charge in [0.05, 0.1) is 13.7 Å². The lowest BCUT2D eigenvalue weighted by Gasteiger charge is -2.32. The van der Waals surface area contributed by atoms with Crippen molar-refractivity contribution < 1.29 is 46.1 Å². The monoisotopic (exact) mass is 517 g/mol. The van der Waals surface area contributed by atoms with Crippen molar-refractivity contribution >= 4 is 17.5 Å². The van der Waals surface area contributed by atoms with E-state index in [1.54, 1.807) is 0 Å². The van der Waals surface area contributed by atoms with Gasteiger partial charge in [-0.15, -0.1) is 0 Å². The van der Waals surface area contributed by atoms with Gasteiger partial charge < -0.3 is 25.2 Å². The zero-order valence-electron chi connectivity index (χ0n) is 19.5. The van der Waals surface area contributed by atoms with Crippen LogP contribution >= 0.6 is 0 Å². The molecule has 2 heterocycles. The number of benzene rings is 1. The number of nitrogens with zero attached hydrogens (tertiary/aromatic N) is 2. The number of aromatic nitrogens is 1. The second kappa shape index (κ2) is 9.97. The Morgan fingerprint density at radius 3 is 2.50 bits per heavy atom. The zero-order valence-corrected chi connectivity index (χ0v) is 19.5. The number of nitrogens with two attached hydrogens (primary N) is 1. The normalized spacial score (nSPS) is 24.0. The van der Waals surface area contributed by atoms with Gasteiger partial charge in [0.15, 0.2) is 17.2 Å². The fraction of sp³-hybridized carbons (Fsp3) is 0.435. The number of amides is 2. The number of pyridine rings is 1. The molecule has 3 rings (SSSR count). The van der Waals surface area contributed by atoms with E-state index < -0.39 is 65.5 Å². The summed E-state index contributed by atoms with van der Waals surface area (Å²) in [5.74, 6) is -8.22.